The molecule has 0 saturated heterocycles. The van der Waals surface area contributed by atoms with Crippen molar-refractivity contribution in [3.8, 4) is 87.6 Å². The van der Waals surface area contributed by atoms with Gasteiger partial charge in [-0.25, -0.2) is 19.6 Å². The van der Waals surface area contributed by atoms with Gasteiger partial charge in [-0.05, 0) is 172 Å². The number of aromatic nitrogens is 2. The van der Waals surface area contributed by atoms with E-state index in [1.165, 1.54) is 89.0 Å². The first-order valence-corrected chi connectivity index (χ1v) is 32.7. The Bertz CT molecular complexity index is 5340. The predicted octanol–water partition coefficient (Wildman–Crippen LogP) is 20.9. The van der Waals surface area contributed by atoms with Crippen LogP contribution < -0.4 is 0 Å². The Morgan fingerprint density at radius 3 is 0.968 bits per heavy atom. The van der Waals surface area contributed by atoms with Gasteiger partial charge in [-0.15, -0.1) is 11.3 Å². The minimum atomic E-state index is -0.552. The van der Waals surface area contributed by atoms with Gasteiger partial charge in [0.25, 0.3) is 0 Å². The molecule has 438 valence electrons. The van der Waals surface area contributed by atoms with Crippen molar-refractivity contribution in [1.29, 1.82) is 0 Å². The molecule has 4 aliphatic carbocycles. The molecule has 93 heavy (non-hydrogen) atoms. The van der Waals surface area contributed by atoms with Crippen molar-refractivity contribution in [2.75, 3.05) is 13.2 Å². The Morgan fingerprint density at radius 1 is 0.312 bits per heavy atom. The highest BCUT2D eigenvalue weighted by Crippen LogP contribution is 2.67. The van der Waals surface area contributed by atoms with E-state index in [1.807, 2.05) is 62.4 Å². The van der Waals surface area contributed by atoms with E-state index in [0.29, 0.717) is 24.3 Å². The van der Waals surface area contributed by atoms with Crippen LogP contribution in [0.15, 0.2) is 267 Å². The average Bonchev–Trinajstić information content (AvgIpc) is 1.52. The van der Waals surface area contributed by atoms with Crippen LogP contribution in [0.5, 0.6) is 0 Å². The third kappa shape index (κ3) is 7.23. The summed E-state index contributed by atoms with van der Waals surface area (Å²) in [5.41, 5.74) is 29.5. The second-order valence-corrected chi connectivity index (χ2v) is 25.7. The van der Waals surface area contributed by atoms with E-state index in [9.17, 15) is 9.59 Å². The second-order valence-electron chi connectivity index (χ2n) is 24.7. The lowest BCUT2D eigenvalue weighted by atomic mass is 9.70. The van der Waals surface area contributed by atoms with Crippen LogP contribution in [-0.2, 0) is 20.3 Å². The predicted molar refractivity (Wildman–Crippen MR) is 376 cm³/mol. The molecule has 2 heterocycles. The van der Waals surface area contributed by atoms with E-state index in [-0.39, 0.29) is 11.9 Å². The zero-order valence-electron chi connectivity index (χ0n) is 50.8. The lowest BCUT2D eigenvalue weighted by Crippen LogP contribution is -2.25. The van der Waals surface area contributed by atoms with Crippen LogP contribution in [0.3, 0.4) is 0 Å². The number of carbonyl (C=O) groups excluding carboxylic acids is 2. The number of nitrogens with zero attached hydrogens (tertiary/aromatic N) is 2. The highest BCUT2D eigenvalue weighted by molar-refractivity contribution is 7.21. The van der Waals surface area contributed by atoms with Crippen LogP contribution in [0.4, 0.5) is 0 Å². The van der Waals surface area contributed by atoms with E-state index in [1.54, 1.807) is 11.3 Å². The Hall–Kier alpha value is -11.4. The number of carbonyl (C=O) groups is 2. The zero-order valence-corrected chi connectivity index (χ0v) is 51.6. The quantitative estimate of drug-likeness (QED) is 0.111. The largest absolute Gasteiger partial charge is 0.462 e. The number of ether oxygens (including phenoxy) is 2. The van der Waals surface area contributed by atoms with Gasteiger partial charge in [0.1, 0.15) is 11.0 Å². The molecule has 0 unspecified atom stereocenters. The fourth-order valence-corrected chi connectivity index (χ4v) is 17.9. The van der Waals surface area contributed by atoms with Gasteiger partial charge >= 0.3 is 11.9 Å². The number of hydrogen-bond acceptors (Lipinski definition) is 7. The first-order valence-electron chi connectivity index (χ1n) is 31.9. The summed E-state index contributed by atoms with van der Waals surface area (Å²) in [6.07, 6.45) is 0. The molecule has 7 heteroatoms. The monoisotopic (exact) mass is 1210 g/mol. The van der Waals surface area contributed by atoms with Gasteiger partial charge < -0.3 is 9.47 Å². The normalized spacial score (nSPS) is 13.6. The Morgan fingerprint density at radius 2 is 0.613 bits per heavy atom. The SMILES string of the molecule is CCOC(=O)c1ccc(-c2ccc3c(c2)c2cc(-c4ccc(C(=O)OCC)cc4)ccc2c2nc4c(-c5cccc6c5-c5ccccc5C65c6ccccc6-c6ccccc65)sc(-c5cccc6c5-c5ccccc5C65c6ccccc6-c6ccccc65)c4nc32)cc1. The summed E-state index contributed by atoms with van der Waals surface area (Å²) in [5.74, 6) is -0.699. The maximum atomic E-state index is 12.9. The number of fused-ring (bicyclic) bond motifs is 27. The molecule has 2 spiro atoms. The van der Waals surface area contributed by atoms with E-state index in [4.69, 9.17) is 19.4 Å². The third-order valence-electron chi connectivity index (χ3n) is 20.4. The lowest BCUT2D eigenvalue weighted by Gasteiger charge is -2.30. The van der Waals surface area contributed by atoms with E-state index >= 15 is 0 Å². The number of rotatable bonds is 8. The van der Waals surface area contributed by atoms with Gasteiger partial charge in [-0.3, -0.25) is 0 Å². The summed E-state index contributed by atoms with van der Waals surface area (Å²) in [6, 6.07) is 96.7. The second kappa shape index (κ2) is 20.1. The van der Waals surface area contributed by atoms with Crippen molar-refractivity contribution < 1.29 is 19.1 Å². The summed E-state index contributed by atoms with van der Waals surface area (Å²) >= 11 is 1.81. The summed E-state index contributed by atoms with van der Waals surface area (Å²) in [4.78, 5) is 40.1. The lowest BCUT2D eigenvalue weighted by molar-refractivity contribution is 0.0517. The van der Waals surface area contributed by atoms with Gasteiger partial charge in [0.05, 0.1) is 56.0 Å². The highest BCUT2D eigenvalue weighted by atomic mass is 32.1. The van der Waals surface area contributed by atoms with Crippen molar-refractivity contribution in [2.24, 2.45) is 0 Å². The molecule has 4 aliphatic rings. The molecule has 0 N–H and O–H groups in total. The van der Waals surface area contributed by atoms with Crippen LogP contribution in [0.2, 0.25) is 0 Å². The van der Waals surface area contributed by atoms with Crippen LogP contribution >= 0.6 is 11.3 Å². The van der Waals surface area contributed by atoms with Crippen LogP contribution in [0, 0.1) is 0 Å². The van der Waals surface area contributed by atoms with E-state index in [2.05, 4.69) is 218 Å². The van der Waals surface area contributed by atoms with Crippen molar-refractivity contribution in [3.05, 3.63) is 323 Å². The summed E-state index contributed by atoms with van der Waals surface area (Å²) in [6.45, 7) is 4.24. The summed E-state index contributed by atoms with van der Waals surface area (Å²) < 4.78 is 10.8. The molecule has 13 aromatic carbocycles. The molecule has 19 rings (SSSR count). The van der Waals surface area contributed by atoms with Crippen LogP contribution in [0.25, 0.3) is 131 Å². The Balaban J connectivity index is 0.914. The smallest absolute Gasteiger partial charge is 0.338 e. The molecule has 0 atom stereocenters. The summed E-state index contributed by atoms with van der Waals surface area (Å²) in [5, 5.41) is 3.94. The van der Waals surface area contributed by atoms with Gasteiger partial charge in [0, 0.05) is 21.9 Å². The van der Waals surface area contributed by atoms with Crippen molar-refractivity contribution in [2.45, 2.75) is 24.7 Å². The topological polar surface area (TPSA) is 78.4 Å². The fraction of sp³-hybridized carbons (Fsp3) is 0.0698. The molecule has 0 aliphatic heterocycles. The molecule has 0 fully saturated rings. The molecule has 0 saturated carbocycles. The Kier molecular flexibility index (Phi) is 11.5. The maximum Gasteiger partial charge on any atom is 0.338 e. The number of esters is 2. The molecule has 2 aromatic heterocycles. The first-order chi connectivity index (χ1) is 45.9. The third-order valence-corrected chi connectivity index (χ3v) is 21.6. The molecule has 15 aromatic rings. The number of thiophene rings is 1. The van der Waals surface area contributed by atoms with E-state index < -0.39 is 10.8 Å². The summed E-state index contributed by atoms with van der Waals surface area (Å²) in [7, 11) is 0. The van der Waals surface area contributed by atoms with Gasteiger partial charge in [-0.2, -0.15) is 0 Å². The minimum absolute atomic E-state index is 0.299. The van der Waals surface area contributed by atoms with Gasteiger partial charge in [0.15, 0.2) is 0 Å². The van der Waals surface area contributed by atoms with Crippen LogP contribution in [-0.4, -0.2) is 35.1 Å². The maximum absolute atomic E-state index is 12.9. The van der Waals surface area contributed by atoms with Crippen molar-refractivity contribution in [1.82, 2.24) is 9.97 Å². The molecular formula is C86H54N2O4S. The zero-order chi connectivity index (χ0) is 61.8. The van der Waals surface area contributed by atoms with Crippen molar-refractivity contribution >= 4 is 66.9 Å². The average molecular weight is 1210 g/mol. The molecule has 0 radical (unpaired) electrons. The van der Waals surface area contributed by atoms with Gasteiger partial charge in [0.2, 0.25) is 0 Å². The van der Waals surface area contributed by atoms with Crippen molar-refractivity contribution in [3.63, 3.8) is 0 Å². The molecule has 0 amide bonds. The van der Waals surface area contributed by atoms with Crippen LogP contribution in [0.1, 0.15) is 79.1 Å². The molecule has 0 bridgehead atoms. The molecule has 6 nitrogen and oxygen atoms in total. The van der Waals surface area contributed by atoms with E-state index in [0.717, 1.165) is 86.7 Å². The standard InChI is InChI=1S/C86H54N2O4S/c1-3-91-83(89)51-39-35-49(36-40-51)53-43-45-59-65(47-53)66-48-54(50-37-41-52(42-38-50)84(90)92-4-2)44-46-60(66)78-77(59)87-79-80(88-78)82(64-26-18-34-74-76(64)62-24-10-16-32-72(62)86(74)69-29-13-7-21-57(69)58-22-8-14-30-70(58)86)93-81(79)63-25-17-33-73-75(63)61-23-9-15-31-71(61)85(73)67-27-11-5-19-55(67)56-20-6-12-28-68(56)85/h5-48H,3-4H2,1-2H3. The Labute approximate surface area is 540 Å². The molecular weight excluding hydrogens is 1160 g/mol. The first kappa shape index (κ1) is 53.5. The fourth-order valence-electron chi connectivity index (χ4n) is 16.7. The minimum Gasteiger partial charge on any atom is -0.462 e. The van der Waals surface area contributed by atoms with Gasteiger partial charge in [-0.1, -0.05) is 231 Å². The highest BCUT2D eigenvalue weighted by Gasteiger charge is 2.54. The number of benzene rings is 13. The number of hydrogen-bond donors (Lipinski definition) is 0.